The smallest absolute Gasteiger partial charge is 0.246 e. The van der Waals surface area contributed by atoms with Crippen LogP contribution in [0, 0.1) is 0 Å². The van der Waals surface area contributed by atoms with Crippen LogP contribution < -0.4 is 10.1 Å². The SMILES string of the molecule is CN1C(=O)CC(NCC(O)COc2cccc(Br)c2)C1=O. The zero-order valence-electron chi connectivity index (χ0n) is 11.6. The minimum atomic E-state index is -0.766. The van der Waals surface area contributed by atoms with Crippen molar-refractivity contribution in [3.05, 3.63) is 28.7 Å². The number of nitrogens with one attached hydrogen (secondary N) is 1. The third kappa shape index (κ3) is 4.26. The van der Waals surface area contributed by atoms with E-state index in [0.717, 1.165) is 9.37 Å². The van der Waals surface area contributed by atoms with Crippen molar-refractivity contribution in [3.63, 3.8) is 0 Å². The molecule has 0 saturated carbocycles. The molecule has 0 radical (unpaired) electrons. The van der Waals surface area contributed by atoms with Gasteiger partial charge in [-0.2, -0.15) is 0 Å². The maximum atomic E-state index is 11.7. The van der Waals surface area contributed by atoms with Crippen LogP contribution in [0.3, 0.4) is 0 Å². The molecular formula is C14H17BrN2O4. The molecule has 6 nitrogen and oxygen atoms in total. The normalized spacial score (nSPS) is 20.0. The number of hydrogen-bond acceptors (Lipinski definition) is 5. The second-order valence-corrected chi connectivity index (χ2v) is 5.79. The lowest BCUT2D eigenvalue weighted by atomic mass is 10.2. The molecular weight excluding hydrogens is 340 g/mol. The molecule has 1 saturated heterocycles. The molecule has 2 unspecified atom stereocenters. The van der Waals surface area contributed by atoms with Gasteiger partial charge < -0.3 is 15.2 Å². The number of halogens is 1. The van der Waals surface area contributed by atoms with Crippen molar-refractivity contribution in [1.82, 2.24) is 10.2 Å². The van der Waals surface area contributed by atoms with E-state index in [1.54, 1.807) is 12.1 Å². The van der Waals surface area contributed by atoms with Crippen LogP contribution in [0.5, 0.6) is 5.75 Å². The number of likely N-dealkylation sites (tertiary alicyclic amines) is 1. The Kier molecular flexibility index (Phi) is 5.33. The Morgan fingerprint density at radius 2 is 2.29 bits per heavy atom. The van der Waals surface area contributed by atoms with Gasteiger partial charge in [-0.3, -0.25) is 14.5 Å². The highest BCUT2D eigenvalue weighted by molar-refractivity contribution is 9.10. The molecule has 2 N–H and O–H groups in total. The van der Waals surface area contributed by atoms with Gasteiger partial charge in [-0.15, -0.1) is 0 Å². The number of nitrogens with zero attached hydrogens (tertiary/aromatic N) is 1. The topological polar surface area (TPSA) is 78.9 Å². The number of likely N-dealkylation sites (N-methyl/N-ethyl adjacent to an activating group) is 1. The highest BCUT2D eigenvalue weighted by Gasteiger charge is 2.35. The Balaban J connectivity index is 1.74. The van der Waals surface area contributed by atoms with Crippen molar-refractivity contribution in [2.75, 3.05) is 20.2 Å². The highest BCUT2D eigenvalue weighted by atomic mass is 79.9. The largest absolute Gasteiger partial charge is 0.491 e. The van der Waals surface area contributed by atoms with E-state index in [1.165, 1.54) is 7.05 Å². The number of imide groups is 1. The Bertz CT molecular complexity index is 537. The lowest BCUT2D eigenvalue weighted by Gasteiger charge is -2.16. The van der Waals surface area contributed by atoms with Gasteiger partial charge in [-0.25, -0.2) is 0 Å². The monoisotopic (exact) mass is 356 g/mol. The summed E-state index contributed by atoms with van der Waals surface area (Å²) in [5, 5.41) is 12.7. The minimum absolute atomic E-state index is 0.105. The average molecular weight is 357 g/mol. The molecule has 2 atom stereocenters. The predicted octanol–water partition coefficient (Wildman–Crippen LogP) is 0.536. The summed E-state index contributed by atoms with van der Waals surface area (Å²) in [5.74, 6) is 0.174. The molecule has 21 heavy (non-hydrogen) atoms. The number of amides is 2. The summed E-state index contributed by atoms with van der Waals surface area (Å²) < 4.78 is 6.34. The summed E-state index contributed by atoms with van der Waals surface area (Å²) in [6, 6.07) is 6.75. The maximum Gasteiger partial charge on any atom is 0.246 e. The van der Waals surface area contributed by atoms with E-state index in [9.17, 15) is 14.7 Å². The predicted molar refractivity (Wildman–Crippen MR) is 79.8 cm³/mol. The van der Waals surface area contributed by atoms with Crippen LogP contribution in [0.25, 0.3) is 0 Å². The fourth-order valence-electron chi connectivity index (χ4n) is 2.00. The van der Waals surface area contributed by atoms with Crippen molar-refractivity contribution >= 4 is 27.7 Å². The highest BCUT2D eigenvalue weighted by Crippen LogP contribution is 2.17. The quantitative estimate of drug-likeness (QED) is 0.727. The van der Waals surface area contributed by atoms with Crippen LogP contribution in [-0.2, 0) is 9.59 Å². The number of carbonyl (C=O) groups excluding carboxylic acids is 2. The third-order valence-electron chi connectivity index (χ3n) is 3.22. The first-order valence-electron chi connectivity index (χ1n) is 6.57. The van der Waals surface area contributed by atoms with E-state index >= 15 is 0 Å². The summed E-state index contributed by atoms with van der Waals surface area (Å²) in [4.78, 5) is 24.1. The van der Waals surface area contributed by atoms with Gasteiger partial charge in [0.05, 0.1) is 12.5 Å². The molecule has 0 aliphatic carbocycles. The minimum Gasteiger partial charge on any atom is -0.491 e. The van der Waals surface area contributed by atoms with Gasteiger partial charge in [0.15, 0.2) is 0 Å². The van der Waals surface area contributed by atoms with Gasteiger partial charge in [-0.05, 0) is 18.2 Å². The van der Waals surface area contributed by atoms with E-state index in [1.807, 2.05) is 12.1 Å². The van der Waals surface area contributed by atoms with Crippen LogP contribution in [0.4, 0.5) is 0 Å². The van der Waals surface area contributed by atoms with Gasteiger partial charge >= 0.3 is 0 Å². The summed E-state index contributed by atoms with van der Waals surface area (Å²) in [7, 11) is 1.46. The number of benzene rings is 1. The number of hydrogen-bond donors (Lipinski definition) is 2. The van der Waals surface area contributed by atoms with E-state index < -0.39 is 12.1 Å². The number of rotatable bonds is 6. The Labute approximate surface area is 131 Å². The Hall–Kier alpha value is -1.44. The van der Waals surface area contributed by atoms with Crippen LogP contribution in [0.2, 0.25) is 0 Å². The molecule has 1 aromatic carbocycles. The van der Waals surface area contributed by atoms with Crippen molar-refractivity contribution in [1.29, 1.82) is 0 Å². The summed E-state index contributed by atoms with van der Waals surface area (Å²) >= 11 is 3.33. The van der Waals surface area contributed by atoms with Crippen LogP contribution >= 0.6 is 15.9 Å². The van der Waals surface area contributed by atoms with Gasteiger partial charge in [0.2, 0.25) is 11.8 Å². The molecule has 0 aromatic heterocycles. The lowest BCUT2D eigenvalue weighted by molar-refractivity contribution is -0.137. The van der Waals surface area contributed by atoms with E-state index in [-0.39, 0.29) is 31.4 Å². The van der Waals surface area contributed by atoms with Crippen LogP contribution in [0.15, 0.2) is 28.7 Å². The Morgan fingerprint density at radius 1 is 1.52 bits per heavy atom. The van der Waals surface area contributed by atoms with Crippen molar-refractivity contribution in [2.24, 2.45) is 0 Å². The van der Waals surface area contributed by atoms with Gasteiger partial charge in [0.25, 0.3) is 0 Å². The molecule has 1 heterocycles. The number of aliphatic hydroxyl groups is 1. The van der Waals surface area contributed by atoms with Crippen molar-refractivity contribution in [3.8, 4) is 5.75 Å². The fourth-order valence-corrected chi connectivity index (χ4v) is 2.38. The Morgan fingerprint density at radius 3 is 2.90 bits per heavy atom. The standard InChI is InChI=1S/C14H17BrN2O4/c1-17-13(19)6-12(14(17)20)16-7-10(18)8-21-11-4-2-3-9(15)5-11/h2-5,10,12,16,18H,6-8H2,1H3. The summed E-state index contributed by atoms with van der Waals surface area (Å²) in [5.41, 5.74) is 0. The number of aliphatic hydroxyl groups excluding tert-OH is 1. The summed E-state index contributed by atoms with van der Waals surface area (Å²) in [6.45, 7) is 0.291. The molecule has 2 rings (SSSR count). The van der Waals surface area contributed by atoms with Crippen LogP contribution in [0.1, 0.15) is 6.42 Å². The van der Waals surface area contributed by atoms with Gasteiger partial charge in [-0.1, -0.05) is 22.0 Å². The lowest BCUT2D eigenvalue weighted by Crippen LogP contribution is -2.42. The molecule has 0 bridgehead atoms. The first kappa shape index (κ1) is 15.9. The first-order valence-corrected chi connectivity index (χ1v) is 7.37. The first-order chi connectivity index (χ1) is 9.97. The molecule has 2 amide bonds. The number of carbonyl (C=O) groups is 2. The molecule has 1 aromatic rings. The zero-order chi connectivity index (χ0) is 15.4. The molecule has 7 heteroatoms. The van der Waals surface area contributed by atoms with Crippen molar-refractivity contribution in [2.45, 2.75) is 18.6 Å². The molecule has 114 valence electrons. The van der Waals surface area contributed by atoms with Crippen LogP contribution in [-0.4, -0.2) is 54.2 Å². The summed E-state index contributed by atoms with van der Waals surface area (Å²) in [6.07, 6.45) is -0.632. The van der Waals surface area contributed by atoms with E-state index in [0.29, 0.717) is 5.75 Å². The van der Waals surface area contributed by atoms with Crippen molar-refractivity contribution < 1.29 is 19.4 Å². The molecule has 1 aliphatic heterocycles. The number of ether oxygens (including phenoxy) is 1. The molecule has 1 fully saturated rings. The average Bonchev–Trinajstić information content (AvgIpc) is 2.70. The van der Waals surface area contributed by atoms with E-state index in [4.69, 9.17) is 4.74 Å². The zero-order valence-corrected chi connectivity index (χ0v) is 13.2. The fraction of sp³-hybridized carbons (Fsp3) is 0.429. The second-order valence-electron chi connectivity index (χ2n) is 4.88. The van der Waals surface area contributed by atoms with E-state index in [2.05, 4.69) is 21.2 Å². The second kappa shape index (κ2) is 7.02. The maximum absolute atomic E-state index is 11.7. The van der Waals surface area contributed by atoms with Gasteiger partial charge in [0.1, 0.15) is 18.5 Å². The molecule has 0 spiro atoms. The molecule has 1 aliphatic rings. The van der Waals surface area contributed by atoms with Gasteiger partial charge in [0, 0.05) is 18.1 Å². The third-order valence-corrected chi connectivity index (χ3v) is 3.71.